The number of carbonyl (C=O) groups excluding carboxylic acids is 1. The summed E-state index contributed by atoms with van der Waals surface area (Å²) in [5.74, 6) is 0.965. The predicted octanol–water partition coefficient (Wildman–Crippen LogP) is 2.47. The highest BCUT2D eigenvalue weighted by atomic mass is 16.3. The Bertz CT molecular complexity index is 509. The maximum Gasteiger partial charge on any atom is 0.164 e. The number of hydrogen-bond donors (Lipinski definition) is 2. The molecular weight excluding hydrogens is 228 g/mol. The first-order valence-electron chi connectivity index (χ1n) is 5.73. The number of phenolic OH excluding ortho intramolecular Hbond substituents is 1. The number of carbonyl (C=O) groups is 1. The SMILES string of the molecule is O=C(CCNc1ccccn1)c1ccc(O)cc1. The maximum atomic E-state index is 11.8. The Balaban J connectivity index is 1.84. The highest BCUT2D eigenvalue weighted by Crippen LogP contribution is 2.11. The summed E-state index contributed by atoms with van der Waals surface area (Å²) < 4.78 is 0. The van der Waals surface area contributed by atoms with Crippen molar-refractivity contribution in [2.75, 3.05) is 11.9 Å². The summed E-state index contributed by atoms with van der Waals surface area (Å²) in [4.78, 5) is 15.9. The number of nitrogens with one attached hydrogen (secondary N) is 1. The molecule has 92 valence electrons. The fraction of sp³-hybridized carbons (Fsp3) is 0.143. The summed E-state index contributed by atoms with van der Waals surface area (Å²) in [5.41, 5.74) is 0.607. The topological polar surface area (TPSA) is 62.2 Å². The number of pyridine rings is 1. The zero-order chi connectivity index (χ0) is 12.8. The lowest BCUT2D eigenvalue weighted by atomic mass is 10.1. The fourth-order valence-electron chi connectivity index (χ4n) is 1.56. The monoisotopic (exact) mass is 242 g/mol. The van der Waals surface area contributed by atoms with Crippen LogP contribution in [0.3, 0.4) is 0 Å². The van der Waals surface area contributed by atoms with E-state index in [1.165, 1.54) is 12.1 Å². The van der Waals surface area contributed by atoms with Gasteiger partial charge in [-0.05, 0) is 36.4 Å². The average Bonchev–Trinajstić information content (AvgIpc) is 2.40. The molecule has 0 bridgehead atoms. The molecule has 4 nitrogen and oxygen atoms in total. The molecule has 1 aromatic carbocycles. The third-order valence-electron chi connectivity index (χ3n) is 2.51. The first kappa shape index (κ1) is 12.1. The number of Topliss-reactive ketones (excluding diaryl/α,β-unsaturated/α-hetero) is 1. The Morgan fingerprint density at radius 3 is 2.61 bits per heavy atom. The molecule has 0 aliphatic heterocycles. The number of aromatic nitrogens is 1. The molecule has 0 unspecified atom stereocenters. The van der Waals surface area contributed by atoms with Crippen LogP contribution in [0.1, 0.15) is 16.8 Å². The van der Waals surface area contributed by atoms with Gasteiger partial charge < -0.3 is 10.4 Å². The number of benzene rings is 1. The number of hydrogen-bond acceptors (Lipinski definition) is 4. The van der Waals surface area contributed by atoms with Crippen molar-refractivity contribution >= 4 is 11.6 Å². The minimum Gasteiger partial charge on any atom is -0.508 e. The van der Waals surface area contributed by atoms with Crippen LogP contribution in [0.25, 0.3) is 0 Å². The van der Waals surface area contributed by atoms with Crippen LogP contribution in [0.5, 0.6) is 5.75 Å². The number of rotatable bonds is 5. The van der Waals surface area contributed by atoms with Crippen LogP contribution in [0, 0.1) is 0 Å². The van der Waals surface area contributed by atoms with Gasteiger partial charge in [0.05, 0.1) is 0 Å². The summed E-state index contributed by atoms with van der Waals surface area (Å²) in [6.45, 7) is 0.538. The van der Waals surface area contributed by atoms with Gasteiger partial charge in [-0.2, -0.15) is 0 Å². The zero-order valence-electron chi connectivity index (χ0n) is 9.84. The number of anilines is 1. The van der Waals surface area contributed by atoms with Crippen LogP contribution < -0.4 is 5.32 Å². The van der Waals surface area contributed by atoms with Gasteiger partial charge in [0, 0.05) is 24.7 Å². The molecule has 0 fully saturated rings. The summed E-state index contributed by atoms with van der Waals surface area (Å²) in [7, 11) is 0. The molecule has 0 spiro atoms. The van der Waals surface area contributed by atoms with Crippen LogP contribution >= 0.6 is 0 Å². The van der Waals surface area contributed by atoms with Gasteiger partial charge in [0.2, 0.25) is 0 Å². The normalized spacial score (nSPS) is 10.0. The van der Waals surface area contributed by atoms with Crippen molar-refractivity contribution in [1.82, 2.24) is 4.98 Å². The summed E-state index contributed by atoms with van der Waals surface area (Å²) in [6.07, 6.45) is 2.09. The van der Waals surface area contributed by atoms with Crippen LogP contribution in [0.4, 0.5) is 5.82 Å². The second-order valence-corrected chi connectivity index (χ2v) is 3.86. The number of phenols is 1. The van der Waals surface area contributed by atoms with Crippen molar-refractivity contribution in [3.05, 3.63) is 54.2 Å². The Morgan fingerprint density at radius 1 is 1.17 bits per heavy atom. The standard InChI is InChI=1S/C14H14N2O2/c17-12-6-4-11(5-7-12)13(18)8-10-16-14-3-1-2-9-15-14/h1-7,9,17H,8,10H2,(H,15,16). The van der Waals surface area contributed by atoms with Crippen LogP contribution in [0.15, 0.2) is 48.7 Å². The summed E-state index contributed by atoms with van der Waals surface area (Å²) >= 11 is 0. The molecule has 0 saturated carbocycles. The predicted molar refractivity (Wildman–Crippen MR) is 69.8 cm³/mol. The molecule has 1 aromatic heterocycles. The van der Waals surface area contributed by atoms with Crippen LogP contribution in [-0.4, -0.2) is 22.4 Å². The largest absolute Gasteiger partial charge is 0.508 e. The average molecular weight is 242 g/mol. The van der Waals surface area contributed by atoms with Crippen molar-refractivity contribution < 1.29 is 9.90 Å². The minimum absolute atomic E-state index is 0.0402. The lowest BCUT2D eigenvalue weighted by Crippen LogP contribution is -2.09. The van der Waals surface area contributed by atoms with E-state index >= 15 is 0 Å². The Morgan fingerprint density at radius 2 is 1.94 bits per heavy atom. The highest BCUT2D eigenvalue weighted by molar-refractivity contribution is 5.96. The molecule has 18 heavy (non-hydrogen) atoms. The van der Waals surface area contributed by atoms with Gasteiger partial charge in [0.1, 0.15) is 11.6 Å². The lowest BCUT2D eigenvalue weighted by molar-refractivity contribution is 0.0986. The van der Waals surface area contributed by atoms with Crippen molar-refractivity contribution in [2.24, 2.45) is 0 Å². The molecule has 2 rings (SSSR count). The second kappa shape index (κ2) is 5.82. The van der Waals surface area contributed by atoms with E-state index in [1.807, 2.05) is 18.2 Å². The molecule has 4 heteroatoms. The van der Waals surface area contributed by atoms with Crippen molar-refractivity contribution in [2.45, 2.75) is 6.42 Å². The van der Waals surface area contributed by atoms with E-state index in [4.69, 9.17) is 5.11 Å². The maximum absolute atomic E-state index is 11.8. The summed E-state index contributed by atoms with van der Waals surface area (Å²) in [5, 5.41) is 12.2. The van der Waals surface area contributed by atoms with Crippen LogP contribution in [-0.2, 0) is 0 Å². The molecule has 0 radical (unpaired) electrons. The van der Waals surface area contributed by atoms with E-state index < -0.39 is 0 Å². The molecule has 0 saturated heterocycles. The van der Waals surface area contributed by atoms with Crippen LogP contribution in [0.2, 0.25) is 0 Å². The Hall–Kier alpha value is -2.36. The molecule has 2 N–H and O–H groups in total. The number of aromatic hydroxyl groups is 1. The number of ketones is 1. The van der Waals surface area contributed by atoms with Gasteiger partial charge in [-0.25, -0.2) is 4.98 Å². The molecule has 1 heterocycles. The molecule has 0 amide bonds. The van der Waals surface area contributed by atoms with Gasteiger partial charge in [-0.15, -0.1) is 0 Å². The number of nitrogens with zero attached hydrogens (tertiary/aromatic N) is 1. The quantitative estimate of drug-likeness (QED) is 0.791. The fourth-order valence-corrected chi connectivity index (χ4v) is 1.56. The van der Waals surface area contributed by atoms with Gasteiger partial charge in [-0.3, -0.25) is 4.79 Å². The first-order valence-corrected chi connectivity index (χ1v) is 5.73. The van der Waals surface area contributed by atoms with E-state index in [0.717, 1.165) is 5.82 Å². The van der Waals surface area contributed by atoms with E-state index in [1.54, 1.807) is 18.3 Å². The van der Waals surface area contributed by atoms with E-state index in [0.29, 0.717) is 18.5 Å². The molecule has 0 atom stereocenters. The molecule has 2 aromatic rings. The van der Waals surface area contributed by atoms with Gasteiger partial charge in [0.25, 0.3) is 0 Å². The van der Waals surface area contributed by atoms with E-state index in [9.17, 15) is 4.79 Å². The van der Waals surface area contributed by atoms with Gasteiger partial charge in [-0.1, -0.05) is 6.07 Å². The molecule has 0 aliphatic rings. The van der Waals surface area contributed by atoms with Crippen molar-refractivity contribution in [1.29, 1.82) is 0 Å². The summed E-state index contributed by atoms with van der Waals surface area (Å²) in [6, 6.07) is 11.9. The third kappa shape index (κ3) is 3.31. The highest BCUT2D eigenvalue weighted by Gasteiger charge is 2.05. The minimum atomic E-state index is 0.0402. The van der Waals surface area contributed by atoms with Crippen molar-refractivity contribution in [3.63, 3.8) is 0 Å². The third-order valence-corrected chi connectivity index (χ3v) is 2.51. The molecular formula is C14H14N2O2. The second-order valence-electron chi connectivity index (χ2n) is 3.86. The molecule has 0 aliphatic carbocycles. The van der Waals surface area contributed by atoms with Gasteiger partial charge >= 0.3 is 0 Å². The Labute approximate surface area is 105 Å². The van der Waals surface area contributed by atoms with Crippen molar-refractivity contribution in [3.8, 4) is 5.75 Å². The zero-order valence-corrected chi connectivity index (χ0v) is 9.84. The smallest absolute Gasteiger partial charge is 0.164 e. The van der Waals surface area contributed by atoms with Gasteiger partial charge in [0.15, 0.2) is 5.78 Å². The Kier molecular flexibility index (Phi) is 3.91. The van der Waals surface area contributed by atoms with E-state index in [2.05, 4.69) is 10.3 Å². The first-order chi connectivity index (χ1) is 8.75. The lowest BCUT2D eigenvalue weighted by Gasteiger charge is -2.04. The van der Waals surface area contributed by atoms with E-state index in [-0.39, 0.29) is 11.5 Å².